The molecule has 98 valence electrons. The average molecular weight is 361 g/mol. The lowest BCUT2D eigenvalue weighted by Gasteiger charge is -2.35. The van der Waals surface area contributed by atoms with E-state index in [0.29, 0.717) is 18.7 Å². The van der Waals surface area contributed by atoms with Crippen molar-refractivity contribution in [2.45, 2.75) is 26.1 Å². The molecule has 2 unspecified atom stereocenters. The molecule has 2 atom stereocenters. The summed E-state index contributed by atoms with van der Waals surface area (Å²) in [7, 11) is 0. The fraction of sp³-hybridized carbons (Fsp3) is 0.462. The van der Waals surface area contributed by atoms with Gasteiger partial charge in [0.15, 0.2) is 0 Å². The van der Waals surface area contributed by atoms with Crippen LogP contribution in [-0.2, 0) is 4.74 Å². The molecule has 0 spiro atoms. The minimum absolute atomic E-state index is 0.0302. The van der Waals surface area contributed by atoms with Crippen LogP contribution in [0, 0.1) is 3.57 Å². The van der Waals surface area contributed by atoms with E-state index < -0.39 is 0 Å². The Hall–Kier alpha value is -0.820. The van der Waals surface area contributed by atoms with Gasteiger partial charge in [0, 0.05) is 16.7 Å². The van der Waals surface area contributed by atoms with E-state index in [1.165, 1.54) is 0 Å². The summed E-state index contributed by atoms with van der Waals surface area (Å²) >= 11 is 2.13. The first-order valence-corrected chi connectivity index (χ1v) is 6.98. The molecule has 0 aliphatic carbocycles. The number of aromatic hydroxyl groups is 1. The molecule has 5 heteroatoms. The number of carbonyl (C=O) groups excluding carboxylic acids is 1. The Balaban J connectivity index is 2.22. The molecule has 0 aromatic heterocycles. The SMILES string of the molecule is CC1CN(C(=O)c2cc(I)ccc2O)CC(C)O1. The van der Waals surface area contributed by atoms with Gasteiger partial charge >= 0.3 is 0 Å². The Labute approximate surface area is 120 Å². The summed E-state index contributed by atoms with van der Waals surface area (Å²) in [6, 6.07) is 5.04. The van der Waals surface area contributed by atoms with Gasteiger partial charge in [-0.2, -0.15) is 0 Å². The highest BCUT2D eigenvalue weighted by Gasteiger charge is 2.27. The molecule has 0 radical (unpaired) electrons. The summed E-state index contributed by atoms with van der Waals surface area (Å²) in [5.74, 6) is -0.0970. The van der Waals surface area contributed by atoms with E-state index in [2.05, 4.69) is 22.6 Å². The molecule has 1 N–H and O–H groups in total. The van der Waals surface area contributed by atoms with Crippen LogP contribution in [0.4, 0.5) is 0 Å². The predicted octanol–water partition coefficient (Wildman–Crippen LogP) is 2.25. The molecule has 1 saturated heterocycles. The van der Waals surface area contributed by atoms with Crippen LogP contribution in [0.25, 0.3) is 0 Å². The number of amides is 1. The lowest BCUT2D eigenvalue weighted by Crippen LogP contribution is -2.48. The standard InChI is InChI=1S/C13H16INO3/c1-8-6-15(7-9(2)18-8)13(17)11-5-10(14)3-4-12(11)16/h3-5,8-9,16H,6-7H2,1-2H3. The highest BCUT2D eigenvalue weighted by molar-refractivity contribution is 14.1. The van der Waals surface area contributed by atoms with Gasteiger partial charge in [-0.25, -0.2) is 0 Å². The summed E-state index contributed by atoms with van der Waals surface area (Å²) in [6.45, 7) is 5.03. The Morgan fingerprint density at radius 1 is 1.39 bits per heavy atom. The van der Waals surface area contributed by atoms with E-state index in [9.17, 15) is 9.90 Å². The molecule has 0 saturated carbocycles. The summed E-state index contributed by atoms with van der Waals surface area (Å²) in [5.41, 5.74) is 0.364. The third-order valence-electron chi connectivity index (χ3n) is 2.90. The number of morpholine rings is 1. The van der Waals surface area contributed by atoms with Gasteiger partial charge in [0.05, 0.1) is 17.8 Å². The summed E-state index contributed by atoms with van der Waals surface area (Å²) in [5, 5.41) is 9.79. The minimum Gasteiger partial charge on any atom is -0.507 e. The Morgan fingerprint density at radius 2 is 2.00 bits per heavy atom. The minimum atomic E-state index is -0.131. The maximum Gasteiger partial charge on any atom is 0.257 e. The summed E-state index contributed by atoms with van der Waals surface area (Å²) < 4.78 is 6.53. The van der Waals surface area contributed by atoms with Gasteiger partial charge in [-0.1, -0.05) is 0 Å². The van der Waals surface area contributed by atoms with Crippen LogP contribution in [0.1, 0.15) is 24.2 Å². The molecule has 1 heterocycles. The van der Waals surface area contributed by atoms with Gasteiger partial charge in [0.25, 0.3) is 5.91 Å². The van der Waals surface area contributed by atoms with E-state index >= 15 is 0 Å². The van der Waals surface area contributed by atoms with Crippen molar-refractivity contribution in [1.29, 1.82) is 0 Å². The van der Waals surface area contributed by atoms with E-state index in [4.69, 9.17) is 4.74 Å². The second-order valence-electron chi connectivity index (χ2n) is 4.63. The first-order valence-electron chi connectivity index (χ1n) is 5.90. The smallest absolute Gasteiger partial charge is 0.257 e. The van der Waals surface area contributed by atoms with Crippen LogP contribution >= 0.6 is 22.6 Å². The van der Waals surface area contributed by atoms with Crippen molar-refractivity contribution in [3.63, 3.8) is 0 Å². The van der Waals surface area contributed by atoms with E-state index in [1.54, 1.807) is 23.1 Å². The van der Waals surface area contributed by atoms with E-state index in [1.807, 2.05) is 13.8 Å². The third kappa shape index (κ3) is 2.95. The number of phenols is 1. The number of carbonyl (C=O) groups is 1. The summed E-state index contributed by atoms with van der Waals surface area (Å²) in [6.07, 6.45) is 0.0604. The molecule has 1 fully saturated rings. The number of hydrogen-bond donors (Lipinski definition) is 1. The molecule has 1 aromatic carbocycles. The third-order valence-corrected chi connectivity index (χ3v) is 3.57. The number of halogens is 1. The van der Waals surface area contributed by atoms with Gasteiger partial charge in [-0.05, 0) is 54.6 Å². The second-order valence-corrected chi connectivity index (χ2v) is 5.87. The van der Waals surface area contributed by atoms with Gasteiger partial charge in [0.2, 0.25) is 0 Å². The quantitative estimate of drug-likeness (QED) is 0.781. The van der Waals surface area contributed by atoms with E-state index in [0.717, 1.165) is 3.57 Å². The molecule has 4 nitrogen and oxygen atoms in total. The number of rotatable bonds is 1. The van der Waals surface area contributed by atoms with Crippen molar-refractivity contribution in [2.75, 3.05) is 13.1 Å². The number of benzene rings is 1. The topological polar surface area (TPSA) is 49.8 Å². The average Bonchev–Trinajstić information content (AvgIpc) is 2.30. The number of phenolic OH excluding ortho intramolecular Hbond substituents is 1. The monoisotopic (exact) mass is 361 g/mol. The van der Waals surface area contributed by atoms with Crippen LogP contribution < -0.4 is 0 Å². The lowest BCUT2D eigenvalue weighted by molar-refractivity contribution is -0.0586. The van der Waals surface area contributed by atoms with Gasteiger partial charge in [-0.3, -0.25) is 4.79 Å². The molecular weight excluding hydrogens is 345 g/mol. The first kappa shape index (κ1) is 13.6. The zero-order chi connectivity index (χ0) is 13.3. The van der Waals surface area contributed by atoms with Crippen LogP contribution in [0.15, 0.2) is 18.2 Å². The van der Waals surface area contributed by atoms with Crippen molar-refractivity contribution in [3.8, 4) is 5.75 Å². The number of nitrogens with zero attached hydrogens (tertiary/aromatic N) is 1. The van der Waals surface area contributed by atoms with Crippen molar-refractivity contribution in [1.82, 2.24) is 4.90 Å². The zero-order valence-electron chi connectivity index (χ0n) is 10.4. The fourth-order valence-corrected chi connectivity index (χ4v) is 2.68. The van der Waals surface area contributed by atoms with Crippen molar-refractivity contribution < 1.29 is 14.6 Å². The van der Waals surface area contributed by atoms with Crippen LogP contribution in [-0.4, -0.2) is 41.2 Å². The van der Waals surface area contributed by atoms with Gasteiger partial charge in [0.1, 0.15) is 5.75 Å². The maximum atomic E-state index is 12.4. The molecule has 2 rings (SSSR count). The first-order chi connectivity index (χ1) is 8.47. The molecule has 1 aliphatic heterocycles. The fourth-order valence-electron chi connectivity index (χ4n) is 2.19. The highest BCUT2D eigenvalue weighted by Crippen LogP contribution is 2.23. The number of ether oxygens (including phenoxy) is 1. The molecule has 1 amide bonds. The molecule has 0 bridgehead atoms. The highest BCUT2D eigenvalue weighted by atomic mass is 127. The predicted molar refractivity (Wildman–Crippen MR) is 76.7 cm³/mol. The molecule has 1 aliphatic rings. The Kier molecular flexibility index (Phi) is 4.11. The Bertz CT molecular complexity index is 454. The van der Waals surface area contributed by atoms with Gasteiger partial charge in [-0.15, -0.1) is 0 Å². The van der Waals surface area contributed by atoms with Gasteiger partial charge < -0.3 is 14.7 Å². The van der Waals surface area contributed by atoms with Crippen molar-refractivity contribution in [3.05, 3.63) is 27.3 Å². The zero-order valence-corrected chi connectivity index (χ0v) is 12.5. The molecular formula is C13H16INO3. The largest absolute Gasteiger partial charge is 0.507 e. The maximum absolute atomic E-state index is 12.4. The van der Waals surface area contributed by atoms with E-state index in [-0.39, 0.29) is 23.9 Å². The normalized spacial score (nSPS) is 24.1. The van der Waals surface area contributed by atoms with Crippen LogP contribution in [0.2, 0.25) is 0 Å². The number of hydrogen-bond acceptors (Lipinski definition) is 3. The Morgan fingerprint density at radius 3 is 2.61 bits per heavy atom. The second kappa shape index (κ2) is 5.44. The molecule has 18 heavy (non-hydrogen) atoms. The van der Waals surface area contributed by atoms with Crippen LogP contribution in [0.5, 0.6) is 5.75 Å². The molecule has 1 aromatic rings. The summed E-state index contributed by atoms with van der Waals surface area (Å²) in [4.78, 5) is 14.1. The lowest BCUT2D eigenvalue weighted by atomic mass is 10.1. The van der Waals surface area contributed by atoms with Crippen molar-refractivity contribution >= 4 is 28.5 Å². The van der Waals surface area contributed by atoms with Crippen molar-refractivity contribution in [2.24, 2.45) is 0 Å². The van der Waals surface area contributed by atoms with Crippen LogP contribution in [0.3, 0.4) is 0 Å².